The largest absolute Gasteiger partial charge is 0.594 e. The van der Waals surface area contributed by atoms with Crippen LogP contribution in [0.2, 0.25) is 0 Å². The molecule has 1 aromatic heterocycles. The highest BCUT2D eigenvalue weighted by Crippen LogP contribution is 2.23. The van der Waals surface area contributed by atoms with Gasteiger partial charge in [-0.1, -0.05) is 37.5 Å². The maximum atomic E-state index is 12.3. The molecule has 0 aliphatic heterocycles. The van der Waals surface area contributed by atoms with E-state index in [0.717, 1.165) is 12.2 Å². The molecule has 0 saturated carbocycles. The fraction of sp³-hybridized carbons (Fsp3) is 0.318. The molecular formula is C22H24N2O4. The molecule has 0 N–H and O–H groups in total. The van der Waals surface area contributed by atoms with Crippen LogP contribution in [0, 0.1) is 5.21 Å². The van der Waals surface area contributed by atoms with Crippen molar-refractivity contribution in [1.82, 2.24) is 0 Å². The van der Waals surface area contributed by atoms with Gasteiger partial charge in [0.1, 0.15) is 17.0 Å². The number of ether oxygens (including phenoxy) is 1. The van der Waals surface area contributed by atoms with Gasteiger partial charge in [0, 0.05) is 28.7 Å². The summed E-state index contributed by atoms with van der Waals surface area (Å²) in [6.07, 6.45) is 5.95. The lowest BCUT2D eigenvalue weighted by Gasteiger charge is -2.06. The zero-order valence-corrected chi connectivity index (χ0v) is 16.0. The van der Waals surface area contributed by atoms with Crippen molar-refractivity contribution < 1.29 is 14.0 Å². The number of azo groups is 1. The van der Waals surface area contributed by atoms with E-state index in [1.165, 1.54) is 31.7 Å². The van der Waals surface area contributed by atoms with Gasteiger partial charge in [-0.25, -0.2) is 4.79 Å². The number of fused-ring (bicyclic) bond motifs is 1. The first-order valence-electron chi connectivity index (χ1n) is 9.61. The molecule has 146 valence electrons. The molecule has 0 fully saturated rings. The number of benzene rings is 2. The van der Waals surface area contributed by atoms with Crippen LogP contribution >= 0.6 is 0 Å². The Labute approximate surface area is 163 Å². The minimum absolute atomic E-state index is 0.411. The van der Waals surface area contributed by atoms with Crippen LogP contribution < -0.4 is 10.4 Å². The average Bonchev–Trinajstić information content (AvgIpc) is 2.71. The summed E-state index contributed by atoms with van der Waals surface area (Å²) in [7, 11) is 0. The Hall–Kier alpha value is -3.15. The van der Waals surface area contributed by atoms with E-state index in [4.69, 9.17) is 9.15 Å². The summed E-state index contributed by atoms with van der Waals surface area (Å²) in [4.78, 5) is 11.8. The molecule has 2 aromatic carbocycles. The van der Waals surface area contributed by atoms with Gasteiger partial charge >= 0.3 is 5.63 Å². The third kappa shape index (κ3) is 5.42. The minimum atomic E-state index is -0.411. The molecular weight excluding hydrogens is 356 g/mol. The molecule has 0 saturated heterocycles. The molecule has 0 atom stereocenters. The molecule has 6 nitrogen and oxygen atoms in total. The summed E-state index contributed by atoms with van der Waals surface area (Å²) in [6.45, 7) is 2.88. The van der Waals surface area contributed by atoms with E-state index in [1.54, 1.807) is 48.5 Å². The van der Waals surface area contributed by atoms with Gasteiger partial charge in [-0.3, -0.25) is 0 Å². The quantitative estimate of drug-likeness (QED) is 0.148. The lowest BCUT2D eigenvalue weighted by atomic mass is 10.2. The van der Waals surface area contributed by atoms with E-state index in [0.29, 0.717) is 33.8 Å². The van der Waals surface area contributed by atoms with Crippen LogP contribution in [0.1, 0.15) is 39.0 Å². The van der Waals surface area contributed by atoms with Gasteiger partial charge < -0.3 is 14.4 Å². The Bertz CT molecular complexity index is 993. The summed E-state index contributed by atoms with van der Waals surface area (Å²) in [5.74, 6) is 0.744. The first-order chi connectivity index (χ1) is 13.7. The number of hydrogen-bond donors (Lipinski definition) is 0. The molecule has 0 bridgehead atoms. The summed E-state index contributed by atoms with van der Waals surface area (Å²) in [5, 5.41) is 17.1. The zero-order chi connectivity index (χ0) is 19.8. The number of nitrogens with zero attached hydrogens (tertiary/aromatic N) is 2. The van der Waals surface area contributed by atoms with Crippen molar-refractivity contribution in [2.75, 3.05) is 6.61 Å². The van der Waals surface area contributed by atoms with Gasteiger partial charge in [-0.15, -0.1) is 0 Å². The van der Waals surface area contributed by atoms with Crippen LogP contribution in [0.3, 0.4) is 0 Å². The standard InChI is InChI=1S/C22H24N2O4/c1-2-3-4-5-6-15-27-20-11-9-19(10-12-20)24(26)23-18-8-13-21-17(16-18)7-14-22(25)28-21/h7-14,16H,2-6,15H2,1H3. The van der Waals surface area contributed by atoms with Crippen molar-refractivity contribution in [3.63, 3.8) is 0 Å². The molecule has 0 spiro atoms. The second kappa shape index (κ2) is 9.69. The highest BCUT2D eigenvalue weighted by Gasteiger charge is 2.06. The van der Waals surface area contributed by atoms with E-state index in [9.17, 15) is 10.0 Å². The van der Waals surface area contributed by atoms with Crippen LogP contribution in [0.5, 0.6) is 5.75 Å². The first-order valence-corrected chi connectivity index (χ1v) is 9.61. The maximum Gasteiger partial charge on any atom is 0.336 e. The van der Waals surface area contributed by atoms with Crippen molar-refractivity contribution >= 4 is 22.3 Å². The van der Waals surface area contributed by atoms with Gasteiger partial charge in [0.2, 0.25) is 5.69 Å². The summed E-state index contributed by atoms with van der Waals surface area (Å²) < 4.78 is 10.8. The fourth-order valence-electron chi connectivity index (χ4n) is 2.85. The normalized spacial score (nSPS) is 11.7. The Morgan fingerprint density at radius 2 is 1.79 bits per heavy atom. The zero-order valence-electron chi connectivity index (χ0n) is 16.0. The second-order valence-corrected chi connectivity index (χ2v) is 6.61. The average molecular weight is 380 g/mol. The van der Waals surface area contributed by atoms with E-state index >= 15 is 0 Å². The van der Waals surface area contributed by atoms with E-state index in [-0.39, 0.29) is 0 Å². The Morgan fingerprint density at radius 1 is 1.00 bits per heavy atom. The SMILES string of the molecule is CCCCCCCOc1ccc([N+]([O-])=Nc2ccc3oc(=O)ccc3c2)cc1. The first kappa shape index (κ1) is 19.6. The molecule has 28 heavy (non-hydrogen) atoms. The summed E-state index contributed by atoms with van der Waals surface area (Å²) in [5.41, 5.74) is 0.935. The van der Waals surface area contributed by atoms with Crippen LogP contribution in [-0.4, -0.2) is 11.5 Å². The van der Waals surface area contributed by atoms with Crippen LogP contribution in [0.15, 0.2) is 68.9 Å². The number of rotatable bonds is 9. The van der Waals surface area contributed by atoms with E-state index in [2.05, 4.69) is 12.0 Å². The molecule has 3 aromatic rings. The van der Waals surface area contributed by atoms with Crippen LogP contribution in [-0.2, 0) is 0 Å². The number of unbranched alkanes of at least 4 members (excludes halogenated alkanes) is 4. The van der Waals surface area contributed by atoms with Crippen LogP contribution in [0.25, 0.3) is 11.0 Å². The topological polar surface area (TPSA) is 77.9 Å². The van der Waals surface area contributed by atoms with Gasteiger partial charge in [0.15, 0.2) is 0 Å². The predicted octanol–water partition coefficient (Wildman–Crippen LogP) is 6.07. The summed E-state index contributed by atoms with van der Waals surface area (Å²) in [6, 6.07) is 14.8. The Kier molecular flexibility index (Phi) is 6.78. The monoisotopic (exact) mass is 380 g/mol. The Morgan fingerprint density at radius 3 is 2.57 bits per heavy atom. The highest BCUT2D eigenvalue weighted by atomic mass is 16.5. The molecule has 6 heteroatoms. The van der Waals surface area contributed by atoms with E-state index in [1.807, 2.05) is 0 Å². The second-order valence-electron chi connectivity index (χ2n) is 6.61. The predicted molar refractivity (Wildman–Crippen MR) is 109 cm³/mol. The van der Waals surface area contributed by atoms with Crippen molar-refractivity contribution in [3.05, 3.63) is 70.2 Å². The molecule has 0 aliphatic carbocycles. The lowest BCUT2D eigenvalue weighted by molar-refractivity contribution is -0.435. The van der Waals surface area contributed by atoms with Gasteiger partial charge in [0.25, 0.3) is 0 Å². The molecule has 0 unspecified atom stereocenters. The maximum absolute atomic E-state index is 12.3. The minimum Gasteiger partial charge on any atom is -0.594 e. The molecule has 0 amide bonds. The van der Waals surface area contributed by atoms with Gasteiger partial charge in [-0.05, 0) is 42.8 Å². The van der Waals surface area contributed by atoms with Crippen molar-refractivity contribution in [1.29, 1.82) is 0 Å². The molecule has 0 radical (unpaired) electrons. The molecule has 3 rings (SSSR count). The highest BCUT2D eigenvalue weighted by molar-refractivity contribution is 5.79. The molecule has 1 heterocycles. The Balaban J connectivity index is 1.61. The van der Waals surface area contributed by atoms with E-state index < -0.39 is 5.63 Å². The van der Waals surface area contributed by atoms with Gasteiger partial charge in [0.05, 0.1) is 6.61 Å². The van der Waals surface area contributed by atoms with Crippen molar-refractivity contribution in [2.24, 2.45) is 5.11 Å². The van der Waals surface area contributed by atoms with Gasteiger partial charge in [-0.2, -0.15) is 0 Å². The third-order valence-corrected chi connectivity index (χ3v) is 4.38. The summed E-state index contributed by atoms with van der Waals surface area (Å²) >= 11 is 0. The van der Waals surface area contributed by atoms with Crippen molar-refractivity contribution in [3.8, 4) is 5.75 Å². The number of hydrogen-bond acceptors (Lipinski definition) is 5. The van der Waals surface area contributed by atoms with Crippen LogP contribution in [0.4, 0.5) is 11.4 Å². The van der Waals surface area contributed by atoms with Crippen molar-refractivity contribution in [2.45, 2.75) is 39.0 Å². The third-order valence-electron chi connectivity index (χ3n) is 4.38. The fourth-order valence-corrected chi connectivity index (χ4v) is 2.85. The molecule has 0 aliphatic rings. The lowest BCUT2D eigenvalue weighted by Crippen LogP contribution is -1.97. The smallest absolute Gasteiger partial charge is 0.336 e.